The average molecular weight is 415 g/mol. The first-order valence-corrected chi connectivity index (χ1v) is 10.1. The van der Waals surface area contributed by atoms with Gasteiger partial charge in [-0.25, -0.2) is 0 Å². The number of nitrogens with one attached hydrogen (secondary N) is 2. The second-order valence-electron chi connectivity index (χ2n) is 7.88. The van der Waals surface area contributed by atoms with E-state index < -0.39 is 0 Å². The number of carbonyl (C=O) groups excluding carboxylic acids is 1. The van der Waals surface area contributed by atoms with E-state index in [4.69, 9.17) is 9.47 Å². The van der Waals surface area contributed by atoms with Gasteiger partial charge < -0.3 is 14.8 Å². The van der Waals surface area contributed by atoms with Crippen LogP contribution in [0.3, 0.4) is 0 Å². The van der Waals surface area contributed by atoms with Crippen LogP contribution in [-0.2, 0) is 4.74 Å². The van der Waals surface area contributed by atoms with Crippen LogP contribution in [0.4, 0.5) is 0 Å². The highest BCUT2D eigenvalue weighted by Crippen LogP contribution is 2.36. The number of nitriles is 1. The van der Waals surface area contributed by atoms with Crippen LogP contribution in [0.25, 0.3) is 11.3 Å². The summed E-state index contributed by atoms with van der Waals surface area (Å²) >= 11 is 0. The van der Waals surface area contributed by atoms with Crippen molar-refractivity contribution in [3.05, 3.63) is 66.4 Å². The smallest absolute Gasteiger partial charge is 0.269 e. The SMILES string of the molecule is N#CN1C[C@H](NC(=O)c2cc(-c3ccccc3Oc3ccccc3)n[nH]2)CC12COC2. The minimum atomic E-state index is -0.264. The lowest BCUT2D eigenvalue weighted by Crippen LogP contribution is -2.57. The fraction of sp³-hybridized carbons (Fsp3) is 0.261. The highest BCUT2D eigenvalue weighted by Gasteiger charge is 2.51. The van der Waals surface area contributed by atoms with Crippen molar-refractivity contribution in [1.82, 2.24) is 20.4 Å². The van der Waals surface area contributed by atoms with Crippen molar-refractivity contribution in [1.29, 1.82) is 5.26 Å². The Balaban J connectivity index is 1.31. The molecule has 5 rings (SSSR count). The van der Waals surface area contributed by atoms with Crippen molar-refractivity contribution in [2.75, 3.05) is 19.8 Å². The van der Waals surface area contributed by atoms with Crippen LogP contribution >= 0.6 is 0 Å². The molecule has 0 saturated carbocycles. The first-order chi connectivity index (χ1) is 15.2. The molecule has 3 aromatic rings. The molecule has 3 heterocycles. The zero-order valence-electron chi connectivity index (χ0n) is 16.7. The van der Waals surface area contributed by atoms with Gasteiger partial charge in [-0.1, -0.05) is 30.3 Å². The molecule has 1 amide bonds. The third kappa shape index (κ3) is 3.60. The van der Waals surface area contributed by atoms with Crippen molar-refractivity contribution in [3.63, 3.8) is 0 Å². The van der Waals surface area contributed by atoms with Gasteiger partial charge in [-0.15, -0.1) is 0 Å². The lowest BCUT2D eigenvalue weighted by Gasteiger charge is -2.42. The lowest BCUT2D eigenvalue weighted by atomic mass is 9.93. The molecule has 2 N–H and O–H groups in total. The maximum absolute atomic E-state index is 12.8. The number of para-hydroxylation sites is 2. The molecule has 0 bridgehead atoms. The Morgan fingerprint density at radius 2 is 2.00 bits per heavy atom. The van der Waals surface area contributed by atoms with Gasteiger partial charge in [-0.05, 0) is 36.8 Å². The summed E-state index contributed by atoms with van der Waals surface area (Å²) in [5, 5.41) is 19.5. The van der Waals surface area contributed by atoms with Crippen LogP contribution in [-0.4, -0.2) is 52.3 Å². The van der Waals surface area contributed by atoms with Gasteiger partial charge in [0.05, 0.1) is 24.4 Å². The van der Waals surface area contributed by atoms with E-state index in [0.717, 1.165) is 11.3 Å². The van der Waals surface area contributed by atoms with E-state index in [0.29, 0.717) is 43.3 Å². The normalized spacial score (nSPS) is 18.9. The number of H-pyrrole nitrogens is 1. The third-order valence-corrected chi connectivity index (χ3v) is 5.76. The van der Waals surface area contributed by atoms with Crippen molar-refractivity contribution < 1.29 is 14.3 Å². The summed E-state index contributed by atoms with van der Waals surface area (Å²) in [6.07, 6.45) is 2.91. The molecule has 0 radical (unpaired) electrons. The molecular formula is C23H21N5O3. The van der Waals surface area contributed by atoms with Gasteiger partial charge in [0.25, 0.3) is 5.91 Å². The molecule has 1 atom stereocenters. The number of aromatic nitrogens is 2. The molecule has 2 aliphatic heterocycles. The Kier molecular flexibility index (Phi) is 4.81. The standard InChI is InChI=1S/C23H21N5O3/c24-15-28-12-16(11-23(28)13-30-14-23)25-22(29)20-10-19(26-27-20)18-8-4-5-9-21(18)31-17-6-2-1-3-7-17/h1-10,16H,11-14H2,(H,25,29)(H,26,27)/t16-/m1/s1. The van der Waals surface area contributed by atoms with Crippen LogP contribution < -0.4 is 10.1 Å². The zero-order valence-corrected chi connectivity index (χ0v) is 16.7. The Morgan fingerprint density at radius 3 is 2.71 bits per heavy atom. The number of likely N-dealkylation sites (tertiary alicyclic amines) is 1. The number of hydrogen-bond donors (Lipinski definition) is 2. The van der Waals surface area contributed by atoms with Crippen LogP contribution in [0.5, 0.6) is 11.5 Å². The minimum Gasteiger partial charge on any atom is -0.457 e. The highest BCUT2D eigenvalue weighted by molar-refractivity contribution is 5.93. The summed E-state index contributed by atoms with van der Waals surface area (Å²) in [6.45, 7) is 1.54. The van der Waals surface area contributed by atoms with Gasteiger partial charge in [0, 0.05) is 18.2 Å². The molecule has 0 unspecified atom stereocenters. The number of ether oxygens (including phenoxy) is 2. The van der Waals surface area contributed by atoms with Crippen LogP contribution in [0, 0.1) is 11.5 Å². The van der Waals surface area contributed by atoms with E-state index in [1.165, 1.54) is 0 Å². The fourth-order valence-corrected chi connectivity index (χ4v) is 4.12. The summed E-state index contributed by atoms with van der Waals surface area (Å²) in [4.78, 5) is 14.5. The Labute approximate surface area is 179 Å². The van der Waals surface area contributed by atoms with Gasteiger partial charge in [-0.2, -0.15) is 10.4 Å². The lowest BCUT2D eigenvalue weighted by molar-refractivity contribution is -0.105. The van der Waals surface area contributed by atoms with Crippen molar-refractivity contribution in [2.45, 2.75) is 18.0 Å². The second kappa shape index (κ2) is 7.78. The van der Waals surface area contributed by atoms with E-state index in [1.54, 1.807) is 11.0 Å². The highest BCUT2D eigenvalue weighted by atomic mass is 16.5. The number of hydrogen-bond acceptors (Lipinski definition) is 6. The van der Waals surface area contributed by atoms with Crippen molar-refractivity contribution >= 4 is 5.91 Å². The third-order valence-electron chi connectivity index (χ3n) is 5.76. The van der Waals surface area contributed by atoms with Crippen molar-refractivity contribution in [3.8, 4) is 28.9 Å². The Bertz CT molecular complexity index is 1130. The molecule has 156 valence electrons. The number of benzene rings is 2. The van der Waals surface area contributed by atoms with E-state index in [9.17, 15) is 10.1 Å². The molecule has 2 aromatic carbocycles. The second-order valence-corrected chi connectivity index (χ2v) is 7.88. The number of aromatic amines is 1. The van der Waals surface area contributed by atoms with E-state index in [1.807, 2.05) is 54.6 Å². The molecule has 2 fully saturated rings. The Hall–Kier alpha value is -3.83. The van der Waals surface area contributed by atoms with E-state index >= 15 is 0 Å². The summed E-state index contributed by atoms with van der Waals surface area (Å²) in [6, 6.07) is 18.7. The predicted octanol–water partition coefficient (Wildman–Crippen LogP) is 2.92. The van der Waals surface area contributed by atoms with Crippen LogP contribution in [0.2, 0.25) is 0 Å². The van der Waals surface area contributed by atoms with Crippen LogP contribution in [0.15, 0.2) is 60.7 Å². The summed E-state index contributed by atoms with van der Waals surface area (Å²) in [5.41, 5.74) is 1.49. The largest absolute Gasteiger partial charge is 0.457 e. The first kappa shape index (κ1) is 19.2. The van der Waals surface area contributed by atoms with E-state index in [-0.39, 0.29) is 17.5 Å². The number of rotatable bonds is 5. The molecule has 31 heavy (non-hydrogen) atoms. The minimum absolute atomic E-state index is 0.114. The monoisotopic (exact) mass is 415 g/mol. The number of nitrogens with zero attached hydrogens (tertiary/aromatic N) is 3. The molecule has 2 saturated heterocycles. The molecule has 2 aliphatic rings. The molecular weight excluding hydrogens is 394 g/mol. The van der Waals surface area contributed by atoms with Gasteiger partial charge in [0.1, 0.15) is 17.2 Å². The molecule has 1 aromatic heterocycles. The zero-order chi connectivity index (χ0) is 21.3. The predicted molar refractivity (Wildman–Crippen MR) is 112 cm³/mol. The first-order valence-electron chi connectivity index (χ1n) is 10.1. The van der Waals surface area contributed by atoms with Gasteiger partial charge >= 0.3 is 0 Å². The summed E-state index contributed by atoms with van der Waals surface area (Å²) in [5.74, 6) is 1.13. The topological polar surface area (TPSA) is 103 Å². The molecule has 1 spiro atoms. The Morgan fingerprint density at radius 1 is 1.23 bits per heavy atom. The fourth-order valence-electron chi connectivity index (χ4n) is 4.12. The maximum Gasteiger partial charge on any atom is 0.269 e. The van der Waals surface area contributed by atoms with Gasteiger partial charge in [0.15, 0.2) is 6.19 Å². The van der Waals surface area contributed by atoms with Gasteiger partial charge in [0.2, 0.25) is 0 Å². The molecule has 8 heteroatoms. The van der Waals surface area contributed by atoms with Gasteiger partial charge in [-0.3, -0.25) is 14.8 Å². The number of amides is 1. The van der Waals surface area contributed by atoms with Crippen LogP contribution in [0.1, 0.15) is 16.9 Å². The summed E-state index contributed by atoms with van der Waals surface area (Å²) in [7, 11) is 0. The maximum atomic E-state index is 12.8. The van der Waals surface area contributed by atoms with E-state index in [2.05, 4.69) is 21.7 Å². The van der Waals surface area contributed by atoms with Crippen molar-refractivity contribution in [2.24, 2.45) is 0 Å². The molecule has 8 nitrogen and oxygen atoms in total. The summed E-state index contributed by atoms with van der Waals surface area (Å²) < 4.78 is 11.3. The number of carbonyl (C=O) groups is 1. The quantitative estimate of drug-likeness (QED) is 0.621. The average Bonchev–Trinajstić information content (AvgIpc) is 3.40. The molecule has 0 aliphatic carbocycles.